The number of benzene rings is 1. The molecule has 19 heavy (non-hydrogen) atoms. The van der Waals surface area contributed by atoms with Crippen molar-refractivity contribution < 1.29 is 4.79 Å². The lowest BCUT2D eigenvalue weighted by Crippen LogP contribution is -2.39. The van der Waals surface area contributed by atoms with Crippen molar-refractivity contribution in [1.29, 1.82) is 0 Å². The predicted octanol–water partition coefficient (Wildman–Crippen LogP) is 4.25. The largest absolute Gasteiger partial charge is 0.339 e. The maximum absolute atomic E-state index is 12.5. The van der Waals surface area contributed by atoms with Gasteiger partial charge in [-0.2, -0.15) is 0 Å². The van der Waals surface area contributed by atoms with E-state index in [9.17, 15) is 4.79 Å². The average molecular weight is 342 g/mol. The maximum atomic E-state index is 12.5. The molecule has 2 rings (SSSR count). The van der Waals surface area contributed by atoms with E-state index in [4.69, 9.17) is 0 Å². The molecule has 1 aliphatic heterocycles. The van der Waals surface area contributed by atoms with Crippen LogP contribution in [0.4, 0.5) is 0 Å². The van der Waals surface area contributed by atoms with E-state index in [1.807, 2.05) is 23.1 Å². The zero-order chi connectivity index (χ0) is 14.0. The first kappa shape index (κ1) is 14.9. The number of hydrogen-bond acceptors (Lipinski definition) is 2. The van der Waals surface area contributed by atoms with Gasteiger partial charge in [-0.3, -0.25) is 4.79 Å². The van der Waals surface area contributed by atoms with Crippen molar-refractivity contribution in [2.24, 2.45) is 11.8 Å². The fourth-order valence-corrected chi connectivity index (χ4v) is 3.24. The Morgan fingerprint density at radius 2 is 2.00 bits per heavy atom. The van der Waals surface area contributed by atoms with Gasteiger partial charge in [0.2, 0.25) is 0 Å². The summed E-state index contributed by atoms with van der Waals surface area (Å²) in [7, 11) is 0. The fourth-order valence-electron chi connectivity index (χ4n) is 2.62. The first-order valence-corrected chi connectivity index (χ1v) is 8.01. The number of carbonyl (C=O) groups is 1. The summed E-state index contributed by atoms with van der Waals surface area (Å²) in [4.78, 5) is 15.3. The summed E-state index contributed by atoms with van der Waals surface area (Å²) in [5.41, 5.74) is 0.718. The van der Waals surface area contributed by atoms with E-state index >= 15 is 0 Å². The van der Waals surface area contributed by atoms with Crippen LogP contribution in [0.2, 0.25) is 0 Å². The van der Waals surface area contributed by atoms with Crippen LogP contribution in [-0.2, 0) is 0 Å². The number of nitrogens with zero attached hydrogens (tertiary/aromatic N) is 1. The number of halogens is 1. The molecule has 1 saturated heterocycles. The van der Waals surface area contributed by atoms with Crippen LogP contribution in [0.3, 0.4) is 0 Å². The molecular weight excluding hydrogens is 322 g/mol. The minimum absolute atomic E-state index is 0.116. The minimum atomic E-state index is 0.116. The van der Waals surface area contributed by atoms with E-state index in [-0.39, 0.29) is 5.91 Å². The lowest BCUT2D eigenvalue weighted by atomic mass is 9.86. The number of thiol groups is 1. The highest BCUT2D eigenvalue weighted by molar-refractivity contribution is 9.10. The maximum Gasteiger partial charge on any atom is 0.255 e. The van der Waals surface area contributed by atoms with E-state index in [0.717, 1.165) is 46.8 Å². The number of rotatable bonds is 2. The van der Waals surface area contributed by atoms with Crippen LogP contribution in [0, 0.1) is 11.8 Å². The second kappa shape index (κ2) is 6.31. The minimum Gasteiger partial charge on any atom is -0.339 e. The smallest absolute Gasteiger partial charge is 0.255 e. The summed E-state index contributed by atoms with van der Waals surface area (Å²) < 4.78 is 0.848. The molecule has 0 atom stereocenters. The quantitative estimate of drug-likeness (QED) is 0.797. The number of piperidine rings is 1. The van der Waals surface area contributed by atoms with Gasteiger partial charge in [0.15, 0.2) is 0 Å². The first-order valence-electron chi connectivity index (χ1n) is 6.77. The molecule has 0 saturated carbocycles. The molecule has 0 spiro atoms. The molecule has 0 unspecified atom stereocenters. The van der Waals surface area contributed by atoms with Crippen LogP contribution in [0.25, 0.3) is 0 Å². The number of likely N-dealkylation sites (tertiary alicyclic amines) is 1. The lowest BCUT2D eigenvalue weighted by molar-refractivity contribution is 0.0666. The molecule has 4 heteroatoms. The van der Waals surface area contributed by atoms with Crippen molar-refractivity contribution >= 4 is 34.5 Å². The van der Waals surface area contributed by atoms with Crippen molar-refractivity contribution in [2.75, 3.05) is 13.1 Å². The third-order valence-corrected chi connectivity index (χ3v) is 4.92. The molecule has 1 aliphatic rings. The number of carbonyl (C=O) groups excluding carboxylic acids is 1. The van der Waals surface area contributed by atoms with E-state index in [0.29, 0.717) is 5.92 Å². The van der Waals surface area contributed by atoms with Crippen LogP contribution >= 0.6 is 28.6 Å². The van der Waals surface area contributed by atoms with Gasteiger partial charge in [0.05, 0.1) is 5.56 Å². The van der Waals surface area contributed by atoms with Crippen LogP contribution in [-0.4, -0.2) is 23.9 Å². The van der Waals surface area contributed by atoms with Gasteiger partial charge in [0, 0.05) is 22.5 Å². The van der Waals surface area contributed by atoms with E-state index < -0.39 is 0 Å². The second-order valence-corrected chi connectivity index (χ2v) is 6.91. The Hall–Kier alpha value is -0.480. The zero-order valence-corrected chi connectivity index (χ0v) is 13.9. The molecule has 1 heterocycles. The van der Waals surface area contributed by atoms with Gasteiger partial charge >= 0.3 is 0 Å². The summed E-state index contributed by atoms with van der Waals surface area (Å²) in [6, 6.07) is 5.61. The highest BCUT2D eigenvalue weighted by atomic mass is 79.9. The van der Waals surface area contributed by atoms with Crippen LogP contribution in [0.5, 0.6) is 0 Å². The molecule has 1 fully saturated rings. The zero-order valence-electron chi connectivity index (χ0n) is 11.4. The molecule has 0 aromatic heterocycles. The van der Waals surface area contributed by atoms with Crippen molar-refractivity contribution in [1.82, 2.24) is 4.90 Å². The Morgan fingerprint density at radius 1 is 1.37 bits per heavy atom. The molecule has 1 aromatic carbocycles. The topological polar surface area (TPSA) is 20.3 Å². The lowest BCUT2D eigenvalue weighted by Gasteiger charge is -2.34. The van der Waals surface area contributed by atoms with Gasteiger partial charge in [0.25, 0.3) is 5.91 Å². The molecule has 1 amide bonds. The van der Waals surface area contributed by atoms with Gasteiger partial charge in [0.1, 0.15) is 0 Å². The van der Waals surface area contributed by atoms with Crippen molar-refractivity contribution in [3.8, 4) is 0 Å². The van der Waals surface area contributed by atoms with Crippen molar-refractivity contribution in [3.05, 3.63) is 28.2 Å². The Balaban J connectivity index is 2.07. The molecular formula is C15H20BrNOS. The van der Waals surface area contributed by atoms with Gasteiger partial charge in [-0.05, 0) is 58.8 Å². The van der Waals surface area contributed by atoms with Crippen LogP contribution in [0.1, 0.15) is 37.0 Å². The molecule has 0 radical (unpaired) electrons. The molecule has 0 N–H and O–H groups in total. The molecule has 2 nitrogen and oxygen atoms in total. The van der Waals surface area contributed by atoms with Gasteiger partial charge in [-0.25, -0.2) is 0 Å². The van der Waals surface area contributed by atoms with Gasteiger partial charge in [-0.15, -0.1) is 12.6 Å². The van der Waals surface area contributed by atoms with E-state index in [1.165, 1.54) is 0 Å². The van der Waals surface area contributed by atoms with Crippen molar-refractivity contribution in [2.45, 2.75) is 31.6 Å². The average Bonchev–Trinajstić information content (AvgIpc) is 2.41. The van der Waals surface area contributed by atoms with Gasteiger partial charge < -0.3 is 4.90 Å². The van der Waals surface area contributed by atoms with E-state index in [1.54, 1.807) is 0 Å². The van der Waals surface area contributed by atoms with Gasteiger partial charge in [-0.1, -0.05) is 13.8 Å². The molecule has 0 bridgehead atoms. The monoisotopic (exact) mass is 341 g/mol. The highest BCUT2D eigenvalue weighted by Crippen LogP contribution is 2.27. The highest BCUT2D eigenvalue weighted by Gasteiger charge is 2.26. The summed E-state index contributed by atoms with van der Waals surface area (Å²) >= 11 is 7.76. The Kier molecular flexibility index (Phi) is 4.96. The van der Waals surface area contributed by atoms with E-state index in [2.05, 4.69) is 42.4 Å². The second-order valence-electron chi connectivity index (χ2n) is 5.54. The van der Waals surface area contributed by atoms with Crippen molar-refractivity contribution in [3.63, 3.8) is 0 Å². The Labute approximate surface area is 129 Å². The first-order chi connectivity index (χ1) is 8.99. The molecule has 1 aromatic rings. The molecule has 104 valence electrons. The fraction of sp³-hybridized carbons (Fsp3) is 0.533. The standard InChI is InChI=1S/C15H20BrNOS/c1-10(2)11-5-7-17(8-6-11)15(18)13-9-12(19)3-4-14(13)16/h3-4,9-11,19H,5-8H2,1-2H3. The van der Waals surface area contributed by atoms with Crippen LogP contribution < -0.4 is 0 Å². The summed E-state index contributed by atoms with van der Waals surface area (Å²) in [6.45, 7) is 6.27. The third-order valence-electron chi connectivity index (χ3n) is 3.95. The summed E-state index contributed by atoms with van der Waals surface area (Å²) in [5, 5.41) is 0. The number of amides is 1. The Bertz CT molecular complexity index is 467. The normalized spacial score (nSPS) is 17.0. The third kappa shape index (κ3) is 3.54. The Morgan fingerprint density at radius 3 is 2.58 bits per heavy atom. The summed E-state index contributed by atoms with van der Waals surface area (Å²) in [5.74, 6) is 1.58. The predicted molar refractivity (Wildman–Crippen MR) is 84.9 cm³/mol. The molecule has 0 aliphatic carbocycles. The summed E-state index contributed by atoms with van der Waals surface area (Å²) in [6.07, 6.45) is 2.23. The number of hydrogen-bond donors (Lipinski definition) is 1. The van der Waals surface area contributed by atoms with Crippen LogP contribution in [0.15, 0.2) is 27.6 Å². The SMILES string of the molecule is CC(C)C1CCN(C(=O)c2cc(S)ccc2Br)CC1.